The molecule has 0 aromatic heterocycles. The Hall–Kier alpha value is -3.56. The smallest absolute Gasteiger partial charge is 0.261 e. The van der Waals surface area contributed by atoms with Gasteiger partial charge in [-0.15, -0.1) is 0 Å². The van der Waals surface area contributed by atoms with Crippen LogP contribution in [0, 0.1) is 6.92 Å². The average molecular weight is 497 g/mol. The van der Waals surface area contributed by atoms with E-state index in [4.69, 9.17) is 14.2 Å². The molecule has 3 aromatic carbocycles. The normalized spacial score (nSPS) is 15.4. The van der Waals surface area contributed by atoms with E-state index < -0.39 is 15.9 Å². The summed E-state index contributed by atoms with van der Waals surface area (Å²) < 4.78 is 44.7. The van der Waals surface area contributed by atoms with Gasteiger partial charge >= 0.3 is 0 Å². The predicted molar refractivity (Wildman–Crippen MR) is 134 cm³/mol. The molecule has 2 N–H and O–H groups in total. The highest BCUT2D eigenvalue weighted by Crippen LogP contribution is 2.23. The quantitative estimate of drug-likeness (QED) is 0.448. The number of nitrogens with one attached hydrogen (secondary N) is 2. The summed E-state index contributed by atoms with van der Waals surface area (Å²) in [6.45, 7) is 3.03. The van der Waals surface area contributed by atoms with E-state index in [1.165, 1.54) is 19.2 Å². The second kappa shape index (κ2) is 10.8. The molecule has 1 aliphatic rings. The van der Waals surface area contributed by atoms with Crippen LogP contribution in [0.4, 0.5) is 11.4 Å². The van der Waals surface area contributed by atoms with Crippen molar-refractivity contribution in [1.29, 1.82) is 0 Å². The van der Waals surface area contributed by atoms with Crippen LogP contribution in [0.25, 0.3) is 0 Å². The highest BCUT2D eigenvalue weighted by atomic mass is 32.2. The Bertz CT molecular complexity index is 1270. The molecule has 4 rings (SSSR count). The first-order valence-corrected chi connectivity index (χ1v) is 12.8. The molecule has 3 aromatic rings. The lowest BCUT2D eigenvalue weighted by Crippen LogP contribution is -2.17. The molecule has 35 heavy (non-hydrogen) atoms. The van der Waals surface area contributed by atoms with Gasteiger partial charge in [-0.3, -0.25) is 9.52 Å². The standard InChI is InChI=1S/C26H28N2O6S/c1-18-5-14-24(35(30,31)28-20-8-10-21(32-2)11-9-20)16-25(18)26(29)27-19-6-12-22(13-7-19)34-17-23-4-3-15-33-23/h5-14,16,23,28H,3-4,15,17H2,1-2H3,(H,27,29). The molecule has 8 nitrogen and oxygen atoms in total. The van der Waals surface area contributed by atoms with Gasteiger partial charge in [0.05, 0.1) is 18.1 Å². The summed E-state index contributed by atoms with van der Waals surface area (Å²) in [5.74, 6) is 0.897. The Kier molecular flexibility index (Phi) is 7.57. The monoisotopic (exact) mass is 496 g/mol. The lowest BCUT2D eigenvalue weighted by atomic mass is 10.1. The number of carbonyl (C=O) groups excluding carboxylic acids is 1. The van der Waals surface area contributed by atoms with Crippen LogP contribution in [0.1, 0.15) is 28.8 Å². The molecular weight excluding hydrogens is 468 g/mol. The molecule has 1 fully saturated rings. The predicted octanol–water partition coefficient (Wildman–Crippen LogP) is 4.61. The summed E-state index contributed by atoms with van der Waals surface area (Å²) in [6, 6.07) is 18.0. The maximum Gasteiger partial charge on any atom is 0.261 e. The summed E-state index contributed by atoms with van der Waals surface area (Å²) in [4.78, 5) is 12.9. The van der Waals surface area contributed by atoms with E-state index in [-0.39, 0.29) is 16.6 Å². The largest absolute Gasteiger partial charge is 0.497 e. The SMILES string of the molecule is COc1ccc(NS(=O)(=O)c2ccc(C)c(C(=O)Nc3ccc(OCC4CCCO4)cc3)c2)cc1. The summed E-state index contributed by atoms with van der Waals surface area (Å²) >= 11 is 0. The molecule has 0 bridgehead atoms. The van der Waals surface area contributed by atoms with Gasteiger partial charge in [0.1, 0.15) is 18.1 Å². The van der Waals surface area contributed by atoms with Crippen molar-refractivity contribution in [2.45, 2.75) is 30.8 Å². The molecule has 1 amide bonds. The summed E-state index contributed by atoms with van der Waals surface area (Å²) in [7, 11) is -2.36. The molecule has 1 unspecified atom stereocenters. The lowest BCUT2D eigenvalue weighted by Gasteiger charge is -2.13. The Labute approximate surface area is 205 Å². The highest BCUT2D eigenvalue weighted by molar-refractivity contribution is 7.92. The van der Waals surface area contributed by atoms with Crippen LogP contribution in [0.3, 0.4) is 0 Å². The van der Waals surface area contributed by atoms with Crippen molar-refractivity contribution in [3.05, 3.63) is 77.9 Å². The number of hydrogen-bond donors (Lipinski definition) is 2. The third-order valence-electron chi connectivity index (χ3n) is 5.68. The molecular formula is C26H28N2O6S. The van der Waals surface area contributed by atoms with E-state index in [1.54, 1.807) is 61.5 Å². The van der Waals surface area contributed by atoms with Gasteiger partial charge in [0.2, 0.25) is 0 Å². The number of ether oxygens (including phenoxy) is 3. The first-order valence-electron chi connectivity index (χ1n) is 11.3. The number of sulfonamides is 1. The lowest BCUT2D eigenvalue weighted by molar-refractivity contribution is 0.0679. The number of benzene rings is 3. The van der Waals surface area contributed by atoms with Crippen molar-refractivity contribution >= 4 is 27.3 Å². The van der Waals surface area contributed by atoms with Crippen molar-refractivity contribution in [2.75, 3.05) is 30.4 Å². The maximum absolute atomic E-state index is 12.9. The molecule has 9 heteroatoms. The summed E-state index contributed by atoms with van der Waals surface area (Å²) in [5.41, 5.74) is 1.88. The first kappa shape index (κ1) is 24.6. The van der Waals surface area contributed by atoms with Gasteiger partial charge in [0.25, 0.3) is 15.9 Å². The number of rotatable bonds is 9. The number of carbonyl (C=O) groups is 1. The topological polar surface area (TPSA) is 103 Å². The number of amides is 1. The van der Waals surface area contributed by atoms with Crippen LogP contribution in [0.15, 0.2) is 71.6 Å². The van der Waals surface area contributed by atoms with Gasteiger partial charge in [-0.1, -0.05) is 6.07 Å². The van der Waals surface area contributed by atoms with E-state index in [2.05, 4.69) is 10.0 Å². The Morgan fingerprint density at radius 2 is 1.69 bits per heavy atom. The Morgan fingerprint density at radius 1 is 1.00 bits per heavy atom. The molecule has 0 saturated carbocycles. The maximum atomic E-state index is 12.9. The molecule has 1 heterocycles. The van der Waals surface area contributed by atoms with Crippen molar-refractivity contribution in [3.8, 4) is 11.5 Å². The van der Waals surface area contributed by atoms with E-state index >= 15 is 0 Å². The minimum atomic E-state index is -3.90. The van der Waals surface area contributed by atoms with E-state index in [0.717, 1.165) is 19.4 Å². The first-order chi connectivity index (χ1) is 16.8. The molecule has 1 saturated heterocycles. The zero-order valence-corrected chi connectivity index (χ0v) is 20.4. The van der Waals surface area contributed by atoms with Crippen molar-refractivity contribution in [3.63, 3.8) is 0 Å². The second-order valence-corrected chi connectivity index (χ2v) is 9.92. The van der Waals surface area contributed by atoms with Crippen LogP contribution < -0.4 is 19.5 Å². The Morgan fingerprint density at radius 3 is 2.34 bits per heavy atom. The number of aryl methyl sites for hydroxylation is 1. The summed E-state index contributed by atoms with van der Waals surface area (Å²) in [5, 5.41) is 2.82. The van der Waals surface area contributed by atoms with Crippen LogP contribution in [-0.4, -0.2) is 40.8 Å². The van der Waals surface area contributed by atoms with Crippen molar-refractivity contribution in [2.24, 2.45) is 0 Å². The second-order valence-electron chi connectivity index (χ2n) is 8.24. The van der Waals surface area contributed by atoms with E-state index in [0.29, 0.717) is 35.0 Å². The van der Waals surface area contributed by atoms with Gasteiger partial charge in [0.15, 0.2) is 0 Å². The highest BCUT2D eigenvalue weighted by Gasteiger charge is 2.19. The van der Waals surface area contributed by atoms with Crippen molar-refractivity contribution < 1.29 is 27.4 Å². The molecule has 0 spiro atoms. The number of anilines is 2. The average Bonchev–Trinajstić information content (AvgIpc) is 3.38. The van der Waals surface area contributed by atoms with Crippen molar-refractivity contribution in [1.82, 2.24) is 0 Å². The molecule has 1 atom stereocenters. The molecule has 1 aliphatic heterocycles. The number of hydrogen-bond acceptors (Lipinski definition) is 6. The third kappa shape index (κ3) is 6.32. The molecule has 184 valence electrons. The van der Waals surface area contributed by atoms with Gasteiger partial charge in [-0.2, -0.15) is 0 Å². The van der Waals surface area contributed by atoms with E-state index in [1.807, 2.05) is 0 Å². The fraction of sp³-hybridized carbons (Fsp3) is 0.269. The van der Waals surface area contributed by atoms with Gasteiger partial charge in [0, 0.05) is 23.5 Å². The van der Waals surface area contributed by atoms with Crippen LogP contribution in [0.5, 0.6) is 11.5 Å². The minimum absolute atomic E-state index is 0.0121. The van der Waals surface area contributed by atoms with Gasteiger partial charge < -0.3 is 19.5 Å². The van der Waals surface area contributed by atoms with E-state index in [9.17, 15) is 13.2 Å². The Balaban J connectivity index is 1.43. The van der Waals surface area contributed by atoms with Gasteiger partial charge in [-0.05, 0) is 86.0 Å². The van der Waals surface area contributed by atoms with Crippen LogP contribution >= 0.6 is 0 Å². The number of methoxy groups -OCH3 is 1. The zero-order chi connectivity index (χ0) is 24.8. The van der Waals surface area contributed by atoms with Crippen LogP contribution in [0.2, 0.25) is 0 Å². The van der Waals surface area contributed by atoms with Gasteiger partial charge in [-0.25, -0.2) is 8.42 Å². The third-order valence-corrected chi connectivity index (χ3v) is 7.06. The fourth-order valence-corrected chi connectivity index (χ4v) is 4.77. The minimum Gasteiger partial charge on any atom is -0.497 e. The zero-order valence-electron chi connectivity index (χ0n) is 19.6. The molecule has 0 radical (unpaired) electrons. The van der Waals surface area contributed by atoms with Crippen LogP contribution in [-0.2, 0) is 14.8 Å². The fourth-order valence-electron chi connectivity index (χ4n) is 3.68. The summed E-state index contributed by atoms with van der Waals surface area (Å²) in [6.07, 6.45) is 2.18. The molecule has 0 aliphatic carbocycles.